The molecule has 0 bridgehead atoms. The van der Waals surface area contributed by atoms with Crippen molar-refractivity contribution in [2.45, 2.75) is 19.3 Å². The van der Waals surface area contributed by atoms with Gasteiger partial charge in [-0.1, -0.05) is 30.4 Å². The highest BCUT2D eigenvalue weighted by Gasteiger charge is 2.25. The fraction of sp³-hybridized carbons (Fsp3) is 0.222. The van der Waals surface area contributed by atoms with E-state index in [9.17, 15) is 18.4 Å². The Labute approximate surface area is 207 Å². The van der Waals surface area contributed by atoms with Crippen LogP contribution >= 0.6 is 0 Å². The Morgan fingerprint density at radius 1 is 1.08 bits per heavy atom. The third-order valence-corrected chi connectivity index (χ3v) is 5.38. The van der Waals surface area contributed by atoms with Crippen molar-refractivity contribution in [2.24, 2.45) is 5.92 Å². The highest BCUT2D eigenvalue weighted by Crippen LogP contribution is 2.24. The Kier molecular flexibility index (Phi) is 9.34. The number of ketones is 1. The van der Waals surface area contributed by atoms with Crippen molar-refractivity contribution in [3.05, 3.63) is 89.8 Å². The van der Waals surface area contributed by atoms with Gasteiger partial charge in [-0.15, -0.1) is 0 Å². The maximum Gasteiger partial charge on any atom is 0.309 e. The summed E-state index contributed by atoms with van der Waals surface area (Å²) < 4.78 is 32.7. The molecule has 1 heterocycles. The van der Waals surface area contributed by atoms with Crippen LogP contribution in [0.5, 0.6) is 0 Å². The van der Waals surface area contributed by atoms with E-state index in [1.807, 2.05) is 29.2 Å². The molecule has 7 nitrogen and oxygen atoms in total. The first kappa shape index (κ1) is 26.2. The standard InChI is InChI=1S/C27H24F2N4O3/c1-36-26(35)20(18-24(34)25-22(28)8-3-9-23(25)29)7-2-6-19-10-12-21(13-11-19)33(17-4-14-30)27-31-15-5-16-32-27/h2-3,5-6,8-13,15-16,20H,4,7,17-18H2,1H3/b6-2+. The van der Waals surface area contributed by atoms with Crippen LogP contribution in [0.1, 0.15) is 35.2 Å². The minimum atomic E-state index is -0.969. The van der Waals surface area contributed by atoms with E-state index in [1.165, 1.54) is 13.2 Å². The van der Waals surface area contributed by atoms with Crippen LogP contribution in [-0.2, 0) is 9.53 Å². The first-order chi connectivity index (χ1) is 17.4. The van der Waals surface area contributed by atoms with Crippen LogP contribution in [0, 0.1) is 28.9 Å². The number of nitrogens with zero attached hydrogens (tertiary/aromatic N) is 4. The maximum atomic E-state index is 14.0. The van der Waals surface area contributed by atoms with Gasteiger partial charge in [0, 0.05) is 31.0 Å². The lowest BCUT2D eigenvalue weighted by Gasteiger charge is -2.21. The van der Waals surface area contributed by atoms with Gasteiger partial charge in [0.25, 0.3) is 0 Å². The lowest BCUT2D eigenvalue weighted by atomic mass is 9.94. The number of allylic oxidation sites excluding steroid dienone is 1. The topological polar surface area (TPSA) is 96.2 Å². The van der Waals surface area contributed by atoms with Crippen LogP contribution in [0.3, 0.4) is 0 Å². The van der Waals surface area contributed by atoms with Gasteiger partial charge in [0.05, 0.1) is 31.1 Å². The average Bonchev–Trinajstić information content (AvgIpc) is 2.89. The van der Waals surface area contributed by atoms with Gasteiger partial charge in [-0.3, -0.25) is 9.59 Å². The molecule has 0 spiro atoms. The number of hydrogen-bond donors (Lipinski definition) is 0. The summed E-state index contributed by atoms with van der Waals surface area (Å²) in [6.45, 7) is 0.424. The molecule has 0 saturated heterocycles. The highest BCUT2D eigenvalue weighted by atomic mass is 19.1. The summed E-state index contributed by atoms with van der Waals surface area (Å²) in [5, 5.41) is 8.98. The molecular formula is C27H24F2N4O3. The molecule has 0 saturated carbocycles. The Balaban J connectivity index is 1.70. The zero-order chi connectivity index (χ0) is 25.9. The van der Waals surface area contributed by atoms with Crippen molar-refractivity contribution in [1.82, 2.24) is 9.97 Å². The molecule has 0 aliphatic heterocycles. The van der Waals surface area contributed by atoms with E-state index in [4.69, 9.17) is 10.00 Å². The molecule has 0 amide bonds. The third kappa shape index (κ3) is 6.79. The normalized spacial score (nSPS) is 11.6. The quantitative estimate of drug-likeness (QED) is 0.267. The van der Waals surface area contributed by atoms with Gasteiger partial charge in [0.15, 0.2) is 5.78 Å². The number of esters is 1. The molecule has 184 valence electrons. The van der Waals surface area contributed by atoms with Gasteiger partial charge in [-0.05, 0) is 42.3 Å². The number of benzene rings is 2. The molecule has 0 N–H and O–H groups in total. The minimum absolute atomic E-state index is 0.141. The number of ether oxygens (including phenoxy) is 1. The van der Waals surface area contributed by atoms with Crippen molar-refractivity contribution in [3.63, 3.8) is 0 Å². The number of aromatic nitrogens is 2. The summed E-state index contributed by atoms with van der Waals surface area (Å²) in [4.78, 5) is 35.0. The fourth-order valence-electron chi connectivity index (χ4n) is 3.59. The second-order valence-corrected chi connectivity index (χ2v) is 7.78. The molecule has 1 atom stereocenters. The van der Waals surface area contributed by atoms with Crippen LogP contribution < -0.4 is 4.90 Å². The summed E-state index contributed by atoms with van der Waals surface area (Å²) in [5.41, 5.74) is 0.968. The first-order valence-electron chi connectivity index (χ1n) is 11.2. The Hall–Kier alpha value is -4.45. The van der Waals surface area contributed by atoms with Crippen molar-refractivity contribution in [2.75, 3.05) is 18.6 Å². The summed E-state index contributed by atoms with van der Waals surface area (Å²) in [5.74, 6) is -3.80. The van der Waals surface area contributed by atoms with E-state index in [0.717, 1.165) is 23.4 Å². The van der Waals surface area contributed by atoms with E-state index in [-0.39, 0.29) is 6.42 Å². The molecule has 0 aliphatic carbocycles. The number of methoxy groups -OCH3 is 1. The Morgan fingerprint density at radius 2 is 1.75 bits per heavy atom. The molecule has 3 rings (SSSR count). The second kappa shape index (κ2) is 12.9. The monoisotopic (exact) mass is 490 g/mol. The maximum absolute atomic E-state index is 14.0. The SMILES string of the molecule is COC(=O)C(C/C=C/c1ccc(N(CCC#N)c2ncccn2)cc1)CC(=O)c1c(F)cccc1F. The number of halogens is 2. The fourth-order valence-corrected chi connectivity index (χ4v) is 3.59. The molecule has 9 heteroatoms. The second-order valence-electron chi connectivity index (χ2n) is 7.78. The first-order valence-corrected chi connectivity index (χ1v) is 11.2. The van der Waals surface area contributed by atoms with Gasteiger partial charge in [0.2, 0.25) is 5.95 Å². The van der Waals surface area contributed by atoms with E-state index < -0.39 is 41.3 Å². The zero-order valence-corrected chi connectivity index (χ0v) is 19.6. The predicted octanol–water partition coefficient (Wildman–Crippen LogP) is 5.27. The van der Waals surface area contributed by atoms with Crippen molar-refractivity contribution < 1.29 is 23.1 Å². The van der Waals surface area contributed by atoms with Crippen LogP contribution in [-0.4, -0.2) is 35.4 Å². The Bertz CT molecular complexity index is 1240. The number of Topliss-reactive ketones (excluding diaryl/α,β-unsaturated/α-hetero) is 1. The smallest absolute Gasteiger partial charge is 0.309 e. The molecule has 3 aromatic rings. The molecule has 0 aliphatic rings. The highest BCUT2D eigenvalue weighted by molar-refractivity contribution is 5.98. The van der Waals surface area contributed by atoms with Crippen LogP contribution in [0.2, 0.25) is 0 Å². The van der Waals surface area contributed by atoms with E-state index in [2.05, 4.69) is 16.0 Å². The lowest BCUT2D eigenvalue weighted by Crippen LogP contribution is -2.20. The largest absolute Gasteiger partial charge is 0.469 e. The summed E-state index contributed by atoms with van der Waals surface area (Å²) in [6.07, 6.45) is 6.77. The van der Waals surface area contributed by atoms with Crippen molar-refractivity contribution >= 4 is 29.5 Å². The number of rotatable bonds is 11. The van der Waals surface area contributed by atoms with Crippen LogP contribution in [0.25, 0.3) is 6.08 Å². The summed E-state index contributed by atoms with van der Waals surface area (Å²) >= 11 is 0. The molecule has 1 unspecified atom stereocenters. The predicted molar refractivity (Wildman–Crippen MR) is 130 cm³/mol. The number of anilines is 2. The van der Waals surface area contributed by atoms with Gasteiger partial charge < -0.3 is 9.64 Å². The van der Waals surface area contributed by atoms with Gasteiger partial charge in [-0.25, -0.2) is 18.7 Å². The van der Waals surface area contributed by atoms with Crippen LogP contribution in [0.15, 0.2) is 67.0 Å². The van der Waals surface area contributed by atoms with Crippen LogP contribution in [0.4, 0.5) is 20.4 Å². The van der Waals surface area contributed by atoms with Gasteiger partial charge in [-0.2, -0.15) is 5.26 Å². The summed E-state index contributed by atoms with van der Waals surface area (Å²) in [6, 6.07) is 14.4. The molecule has 0 radical (unpaired) electrons. The molecular weight excluding hydrogens is 466 g/mol. The summed E-state index contributed by atoms with van der Waals surface area (Å²) in [7, 11) is 1.19. The lowest BCUT2D eigenvalue weighted by molar-refractivity contribution is -0.145. The zero-order valence-electron chi connectivity index (χ0n) is 19.6. The van der Waals surface area contributed by atoms with E-state index in [1.54, 1.807) is 30.6 Å². The molecule has 2 aromatic carbocycles. The molecule has 0 fully saturated rings. The number of hydrogen-bond acceptors (Lipinski definition) is 7. The van der Waals surface area contributed by atoms with Crippen molar-refractivity contribution in [3.8, 4) is 6.07 Å². The Morgan fingerprint density at radius 3 is 2.36 bits per heavy atom. The number of carbonyl (C=O) groups excluding carboxylic acids is 2. The molecule has 36 heavy (non-hydrogen) atoms. The van der Waals surface area contributed by atoms with Gasteiger partial charge >= 0.3 is 5.97 Å². The van der Waals surface area contributed by atoms with Gasteiger partial charge in [0.1, 0.15) is 11.6 Å². The van der Waals surface area contributed by atoms with E-state index in [0.29, 0.717) is 18.9 Å². The van der Waals surface area contributed by atoms with Crippen molar-refractivity contribution in [1.29, 1.82) is 5.26 Å². The minimum Gasteiger partial charge on any atom is -0.469 e. The third-order valence-electron chi connectivity index (χ3n) is 5.38. The molecule has 1 aromatic heterocycles. The number of carbonyl (C=O) groups is 2. The van der Waals surface area contributed by atoms with E-state index >= 15 is 0 Å². The number of nitriles is 1. The average molecular weight is 491 g/mol.